The Morgan fingerprint density at radius 3 is 2.87 bits per heavy atom. The molecule has 154 valence electrons. The van der Waals surface area contributed by atoms with Crippen LogP contribution in [0.25, 0.3) is 0 Å². The number of hydrogen-bond acceptors (Lipinski definition) is 5. The number of pyridine rings is 2. The van der Waals surface area contributed by atoms with E-state index in [0.717, 1.165) is 30.6 Å². The molecule has 1 aliphatic rings. The van der Waals surface area contributed by atoms with E-state index in [1.54, 1.807) is 31.8 Å². The first-order chi connectivity index (χ1) is 14.7. The van der Waals surface area contributed by atoms with Gasteiger partial charge in [-0.05, 0) is 78.3 Å². The van der Waals surface area contributed by atoms with Crippen LogP contribution >= 0.6 is 0 Å². The van der Waals surface area contributed by atoms with Crippen LogP contribution in [-0.4, -0.2) is 23.0 Å². The fourth-order valence-corrected chi connectivity index (χ4v) is 3.88. The minimum Gasteiger partial charge on any atom is -0.497 e. The van der Waals surface area contributed by atoms with Gasteiger partial charge in [-0.15, -0.1) is 0 Å². The number of carbonyl (C=O) groups is 1. The first-order valence-electron chi connectivity index (χ1n) is 10.2. The highest BCUT2D eigenvalue weighted by Gasteiger charge is 2.23. The lowest BCUT2D eigenvalue weighted by Crippen LogP contribution is -2.19. The first kappa shape index (κ1) is 19.9. The molecule has 2 aromatic heterocycles. The molecular formula is C24H25N3O3. The average molecular weight is 403 g/mol. The maximum absolute atomic E-state index is 12.8. The normalized spacial score (nSPS) is 15.2. The van der Waals surface area contributed by atoms with Crippen LogP contribution in [0.3, 0.4) is 0 Å². The van der Waals surface area contributed by atoms with Gasteiger partial charge in [0.05, 0.1) is 7.11 Å². The number of ether oxygens (including phenoxy) is 2. The van der Waals surface area contributed by atoms with Gasteiger partial charge in [0, 0.05) is 25.0 Å². The number of nitrogens with zero attached hydrogens (tertiary/aromatic N) is 2. The van der Waals surface area contributed by atoms with E-state index in [1.807, 2.05) is 24.3 Å². The predicted octanol–water partition coefficient (Wildman–Crippen LogP) is 4.51. The molecule has 1 amide bonds. The molecule has 1 aliphatic carbocycles. The van der Waals surface area contributed by atoms with Crippen molar-refractivity contribution in [3.63, 3.8) is 0 Å². The van der Waals surface area contributed by atoms with Gasteiger partial charge in [0.25, 0.3) is 0 Å². The van der Waals surface area contributed by atoms with Crippen molar-refractivity contribution >= 4 is 11.7 Å². The van der Waals surface area contributed by atoms with Crippen LogP contribution in [0, 0.1) is 0 Å². The molecule has 1 aromatic carbocycles. The number of benzene rings is 1. The summed E-state index contributed by atoms with van der Waals surface area (Å²) in [5, 5.41) is 2.94. The number of methoxy groups -OCH3 is 1. The molecule has 0 spiro atoms. The van der Waals surface area contributed by atoms with E-state index >= 15 is 0 Å². The summed E-state index contributed by atoms with van der Waals surface area (Å²) in [6.45, 7) is 0.384. The van der Waals surface area contributed by atoms with Gasteiger partial charge in [0.1, 0.15) is 12.4 Å². The Kier molecular flexibility index (Phi) is 6.23. The van der Waals surface area contributed by atoms with Crippen molar-refractivity contribution < 1.29 is 14.3 Å². The van der Waals surface area contributed by atoms with Crippen LogP contribution in [0.15, 0.2) is 61.1 Å². The number of fused-ring (bicyclic) bond motifs is 1. The lowest BCUT2D eigenvalue weighted by molar-refractivity contribution is -0.116. The summed E-state index contributed by atoms with van der Waals surface area (Å²) in [7, 11) is 1.68. The predicted molar refractivity (Wildman–Crippen MR) is 115 cm³/mol. The summed E-state index contributed by atoms with van der Waals surface area (Å²) in [5.41, 5.74) is 3.52. The summed E-state index contributed by atoms with van der Waals surface area (Å²) in [5.74, 6) is 2.00. The third-order valence-corrected chi connectivity index (χ3v) is 5.39. The third kappa shape index (κ3) is 4.76. The van der Waals surface area contributed by atoms with Crippen molar-refractivity contribution in [2.75, 3.05) is 12.4 Å². The van der Waals surface area contributed by atoms with Gasteiger partial charge in [-0.25, -0.2) is 4.98 Å². The van der Waals surface area contributed by atoms with Gasteiger partial charge in [-0.1, -0.05) is 6.07 Å². The van der Waals surface area contributed by atoms with Crippen LogP contribution in [0.4, 0.5) is 5.82 Å². The summed E-state index contributed by atoms with van der Waals surface area (Å²) < 4.78 is 11.2. The van der Waals surface area contributed by atoms with Crippen molar-refractivity contribution in [3.8, 4) is 11.5 Å². The van der Waals surface area contributed by atoms with Crippen LogP contribution in [0.2, 0.25) is 0 Å². The Bertz CT molecular complexity index is 1010. The van der Waals surface area contributed by atoms with Crippen molar-refractivity contribution in [3.05, 3.63) is 77.7 Å². The molecule has 0 saturated heterocycles. The van der Waals surface area contributed by atoms with Gasteiger partial charge in [-0.3, -0.25) is 9.78 Å². The monoisotopic (exact) mass is 403 g/mol. The van der Waals surface area contributed by atoms with Gasteiger partial charge in [0.2, 0.25) is 5.91 Å². The highest BCUT2D eigenvalue weighted by molar-refractivity contribution is 5.91. The molecule has 0 bridgehead atoms. The number of anilines is 1. The van der Waals surface area contributed by atoms with Gasteiger partial charge < -0.3 is 14.8 Å². The Morgan fingerprint density at radius 1 is 1.17 bits per heavy atom. The van der Waals surface area contributed by atoms with E-state index in [4.69, 9.17) is 9.47 Å². The Hall–Kier alpha value is -3.41. The number of nitrogens with one attached hydrogen (secondary N) is 1. The van der Waals surface area contributed by atoms with Crippen LogP contribution < -0.4 is 14.8 Å². The highest BCUT2D eigenvalue weighted by Crippen LogP contribution is 2.36. The molecule has 1 atom stereocenters. The molecular weight excluding hydrogens is 378 g/mol. The lowest BCUT2D eigenvalue weighted by Gasteiger charge is -2.25. The second-order valence-corrected chi connectivity index (χ2v) is 7.40. The minimum absolute atomic E-state index is 0.0591. The molecule has 0 radical (unpaired) electrons. The number of aromatic nitrogens is 2. The zero-order chi connectivity index (χ0) is 20.8. The molecule has 0 saturated carbocycles. The van der Waals surface area contributed by atoms with E-state index in [9.17, 15) is 4.79 Å². The minimum atomic E-state index is -0.0591. The van der Waals surface area contributed by atoms with Gasteiger partial charge in [0.15, 0.2) is 11.6 Å². The second-order valence-electron chi connectivity index (χ2n) is 7.40. The Balaban J connectivity index is 1.42. The molecule has 6 heteroatoms. The Labute approximate surface area is 176 Å². The van der Waals surface area contributed by atoms with Crippen molar-refractivity contribution in [2.24, 2.45) is 0 Å². The molecule has 1 unspecified atom stereocenters. The largest absolute Gasteiger partial charge is 0.497 e. The second kappa shape index (κ2) is 9.39. The van der Waals surface area contributed by atoms with Gasteiger partial charge in [-0.2, -0.15) is 0 Å². The number of aryl methyl sites for hydroxylation is 1. The fourth-order valence-electron chi connectivity index (χ4n) is 3.88. The maximum Gasteiger partial charge on any atom is 0.226 e. The van der Waals surface area contributed by atoms with Crippen molar-refractivity contribution in [1.82, 2.24) is 9.97 Å². The first-order valence-corrected chi connectivity index (χ1v) is 10.2. The standard InChI is InChI=1S/C24H25N3O3/c1-29-20-7-8-21-18(14-20)4-2-5-19(21)15-23(28)27-24-22(6-3-11-26-24)30-16-17-9-12-25-13-10-17/h3,6-14,19H,2,4-5,15-16H2,1H3,(H,26,27,28). The highest BCUT2D eigenvalue weighted by atomic mass is 16.5. The summed E-state index contributed by atoms with van der Waals surface area (Å²) in [6.07, 6.45) is 8.61. The smallest absolute Gasteiger partial charge is 0.226 e. The number of carbonyl (C=O) groups excluding carboxylic acids is 1. The molecule has 30 heavy (non-hydrogen) atoms. The van der Waals surface area contributed by atoms with Crippen molar-refractivity contribution in [1.29, 1.82) is 0 Å². The van der Waals surface area contributed by atoms with E-state index in [-0.39, 0.29) is 11.8 Å². The van der Waals surface area contributed by atoms with Crippen LogP contribution in [0.5, 0.6) is 11.5 Å². The maximum atomic E-state index is 12.8. The fraction of sp³-hybridized carbons (Fsp3) is 0.292. The third-order valence-electron chi connectivity index (χ3n) is 5.39. The topological polar surface area (TPSA) is 73.3 Å². The average Bonchev–Trinajstić information content (AvgIpc) is 2.79. The quantitative estimate of drug-likeness (QED) is 0.628. The van der Waals surface area contributed by atoms with E-state index in [2.05, 4.69) is 27.4 Å². The zero-order valence-electron chi connectivity index (χ0n) is 17.0. The summed E-state index contributed by atoms with van der Waals surface area (Å²) in [4.78, 5) is 21.1. The molecule has 1 N–H and O–H groups in total. The van der Waals surface area contributed by atoms with E-state index in [1.165, 1.54) is 11.1 Å². The number of rotatable bonds is 7. The van der Waals surface area contributed by atoms with Crippen molar-refractivity contribution in [2.45, 2.75) is 38.2 Å². The summed E-state index contributed by atoms with van der Waals surface area (Å²) >= 11 is 0. The molecule has 2 heterocycles. The zero-order valence-corrected chi connectivity index (χ0v) is 17.0. The molecule has 3 aromatic rings. The molecule has 6 nitrogen and oxygen atoms in total. The van der Waals surface area contributed by atoms with Crippen LogP contribution in [0.1, 0.15) is 41.9 Å². The SMILES string of the molecule is COc1ccc2c(c1)CCCC2CC(=O)Nc1ncccc1OCc1ccncc1. The Morgan fingerprint density at radius 2 is 2.03 bits per heavy atom. The van der Waals surface area contributed by atoms with Gasteiger partial charge >= 0.3 is 0 Å². The molecule has 0 fully saturated rings. The number of amides is 1. The van der Waals surface area contributed by atoms with E-state index in [0.29, 0.717) is 24.6 Å². The molecule has 0 aliphatic heterocycles. The van der Waals surface area contributed by atoms with E-state index < -0.39 is 0 Å². The summed E-state index contributed by atoms with van der Waals surface area (Å²) in [6, 6.07) is 13.5. The molecule has 4 rings (SSSR count). The van der Waals surface area contributed by atoms with Crippen LogP contribution in [-0.2, 0) is 17.8 Å². The number of hydrogen-bond donors (Lipinski definition) is 1. The lowest BCUT2D eigenvalue weighted by atomic mass is 9.81.